The van der Waals surface area contributed by atoms with Crippen LogP contribution < -0.4 is 5.43 Å². The van der Waals surface area contributed by atoms with Gasteiger partial charge in [-0.3, -0.25) is 4.79 Å². The number of amides is 1. The topological polar surface area (TPSA) is 41.5 Å². The normalized spacial score (nSPS) is 11.7. The molecule has 0 saturated heterocycles. The zero-order valence-electron chi connectivity index (χ0n) is 12.4. The first kappa shape index (κ1) is 16.7. The van der Waals surface area contributed by atoms with Gasteiger partial charge < -0.3 is 0 Å². The van der Waals surface area contributed by atoms with Crippen molar-refractivity contribution < 1.29 is 18.0 Å². The molecule has 0 unspecified atom stereocenters. The van der Waals surface area contributed by atoms with Crippen LogP contribution >= 0.6 is 0 Å². The van der Waals surface area contributed by atoms with Crippen LogP contribution in [-0.2, 0) is 12.6 Å². The van der Waals surface area contributed by atoms with E-state index in [4.69, 9.17) is 0 Å². The summed E-state index contributed by atoms with van der Waals surface area (Å²) in [5.74, 6) is -0.697. The molecule has 0 atom stereocenters. The Kier molecular flexibility index (Phi) is 5.16. The molecule has 0 heterocycles. The number of hydrogen-bond acceptors (Lipinski definition) is 2. The molecule has 0 bridgehead atoms. The number of carbonyl (C=O) groups excluding carboxylic acids is 1. The number of carbonyl (C=O) groups is 1. The first-order chi connectivity index (χ1) is 10.9. The second kappa shape index (κ2) is 7.09. The van der Waals surface area contributed by atoms with Crippen LogP contribution in [0.25, 0.3) is 0 Å². The Morgan fingerprint density at radius 2 is 1.87 bits per heavy atom. The summed E-state index contributed by atoms with van der Waals surface area (Å²) >= 11 is 0. The van der Waals surface area contributed by atoms with Crippen LogP contribution in [0.4, 0.5) is 13.2 Å². The molecule has 0 radical (unpaired) electrons. The van der Waals surface area contributed by atoms with E-state index in [0.717, 1.165) is 24.1 Å². The van der Waals surface area contributed by atoms with E-state index >= 15 is 0 Å². The molecular weight excluding hydrogens is 305 g/mol. The van der Waals surface area contributed by atoms with Gasteiger partial charge in [-0.2, -0.15) is 18.3 Å². The number of hydrazone groups is 1. The van der Waals surface area contributed by atoms with Crippen LogP contribution in [-0.4, -0.2) is 12.1 Å². The van der Waals surface area contributed by atoms with E-state index in [2.05, 4.69) is 10.5 Å². The SMILES string of the molecule is CCc1ccc(/C=N\NC(=O)c2cccc(C(F)(F)F)c2)cc1. The highest BCUT2D eigenvalue weighted by Gasteiger charge is 2.30. The van der Waals surface area contributed by atoms with Crippen LogP contribution in [0, 0.1) is 0 Å². The highest BCUT2D eigenvalue weighted by atomic mass is 19.4. The Morgan fingerprint density at radius 1 is 1.17 bits per heavy atom. The van der Waals surface area contributed by atoms with Gasteiger partial charge in [0.2, 0.25) is 0 Å². The van der Waals surface area contributed by atoms with E-state index in [9.17, 15) is 18.0 Å². The Balaban J connectivity index is 2.03. The first-order valence-corrected chi connectivity index (χ1v) is 6.99. The summed E-state index contributed by atoms with van der Waals surface area (Å²) in [5, 5.41) is 3.76. The molecule has 0 fully saturated rings. The van der Waals surface area contributed by atoms with Crippen molar-refractivity contribution in [2.24, 2.45) is 5.10 Å². The molecular formula is C17H15F3N2O. The maximum Gasteiger partial charge on any atom is 0.416 e. The molecule has 0 aliphatic rings. The van der Waals surface area contributed by atoms with E-state index in [0.29, 0.717) is 0 Å². The van der Waals surface area contributed by atoms with Gasteiger partial charge in [0.15, 0.2) is 0 Å². The van der Waals surface area contributed by atoms with Gasteiger partial charge in [-0.1, -0.05) is 37.3 Å². The fourth-order valence-electron chi connectivity index (χ4n) is 1.91. The highest BCUT2D eigenvalue weighted by Crippen LogP contribution is 2.29. The van der Waals surface area contributed by atoms with Crippen molar-refractivity contribution in [3.8, 4) is 0 Å². The van der Waals surface area contributed by atoms with E-state index < -0.39 is 17.6 Å². The number of rotatable bonds is 4. The van der Waals surface area contributed by atoms with Gasteiger partial charge in [0, 0.05) is 5.56 Å². The smallest absolute Gasteiger partial charge is 0.267 e. The summed E-state index contributed by atoms with van der Waals surface area (Å²) in [6.07, 6.45) is -2.13. The minimum atomic E-state index is -4.49. The largest absolute Gasteiger partial charge is 0.416 e. The van der Waals surface area contributed by atoms with Gasteiger partial charge >= 0.3 is 6.18 Å². The Bertz CT molecular complexity index is 707. The predicted molar refractivity (Wildman–Crippen MR) is 82.3 cm³/mol. The minimum absolute atomic E-state index is 0.0988. The van der Waals surface area contributed by atoms with Crippen LogP contribution in [0.5, 0.6) is 0 Å². The molecule has 1 N–H and O–H groups in total. The van der Waals surface area contributed by atoms with E-state index in [-0.39, 0.29) is 5.56 Å². The van der Waals surface area contributed by atoms with Crippen molar-refractivity contribution in [3.63, 3.8) is 0 Å². The molecule has 2 aromatic rings. The predicted octanol–water partition coefficient (Wildman–Crippen LogP) is 4.03. The second-order valence-electron chi connectivity index (χ2n) is 4.87. The third-order valence-electron chi connectivity index (χ3n) is 3.22. The van der Waals surface area contributed by atoms with Crippen LogP contribution in [0.2, 0.25) is 0 Å². The van der Waals surface area contributed by atoms with Crippen molar-refractivity contribution in [2.75, 3.05) is 0 Å². The maximum atomic E-state index is 12.6. The summed E-state index contributed by atoms with van der Waals surface area (Å²) in [5.41, 5.74) is 3.21. The quantitative estimate of drug-likeness (QED) is 0.670. The number of hydrogen-bond donors (Lipinski definition) is 1. The summed E-state index contributed by atoms with van der Waals surface area (Å²) in [6.45, 7) is 2.04. The van der Waals surface area contributed by atoms with Gasteiger partial charge in [0.05, 0.1) is 11.8 Å². The molecule has 2 aromatic carbocycles. The van der Waals surface area contributed by atoms with Crippen molar-refractivity contribution in [1.29, 1.82) is 0 Å². The molecule has 0 aliphatic heterocycles. The Labute approximate surface area is 131 Å². The molecule has 23 heavy (non-hydrogen) atoms. The lowest BCUT2D eigenvalue weighted by molar-refractivity contribution is -0.137. The van der Waals surface area contributed by atoms with Crippen molar-refractivity contribution in [1.82, 2.24) is 5.43 Å². The molecule has 1 amide bonds. The van der Waals surface area contributed by atoms with Gasteiger partial charge in [-0.05, 0) is 35.7 Å². The average molecular weight is 320 g/mol. The van der Waals surface area contributed by atoms with Gasteiger partial charge in [-0.25, -0.2) is 5.43 Å². The first-order valence-electron chi connectivity index (χ1n) is 6.99. The van der Waals surface area contributed by atoms with Crippen molar-refractivity contribution >= 4 is 12.1 Å². The molecule has 6 heteroatoms. The van der Waals surface area contributed by atoms with Crippen LogP contribution in [0.1, 0.15) is 34.0 Å². The molecule has 120 valence electrons. The molecule has 2 rings (SSSR count). The number of halogens is 3. The third-order valence-corrected chi connectivity index (χ3v) is 3.22. The van der Waals surface area contributed by atoms with E-state index in [1.807, 2.05) is 31.2 Å². The average Bonchev–Trinajstić information content (AvgIpc) is 2.54. The second-order valence-corrected chi connectivity index (χ2v) is 4.87. The van der Waals surface area contributed by atoms with E-state index in [1.54, 1.807) is 0 Å². The van der Waals surface area contributed by atoms with E-state index in [1.165, 1.54) is 23.9 Å². The summed E-state index contributed by atoms with van der Waals surface area (Å²) < 4.78 is 37.8. The number of alkyl halides is 3. The molecule has 0 saturated carbocycles. The highest BCUT2D eigenvalue weighted by molar-refractivity contribution is 5.95. The Morgan fingerprint density at radius 3 is 2.48 bits per heavy atom. The molecule has 0 aromatic heterocycles. The van der Waals surface area contributed by atoms with Crippen LogP contribution in [0.3, 0.4) is 0 Å². The lowest BCUT2D eigenvalue weighted by Gasteiger charge is -2.07. The zero-order valence-corrected chi connectivity index (χ0v) is 12.4. The monoisotopic (exact) mass is 320 g/mol. The van der Waals surface area contributed by atoms with Gasteiger partial charge in [0.25, 0.3) is 5.91 Å². The lowest BCUT2D eigenvalue weighted by Crippen LogP contribution is -2.18. The van der Waals surface area contributed by atoms with Crippen molar-refractivity contribution in [2.45, 2.75) is 19.5 Å². The van der Waals surface area contributed by atoms with Gasteiger partial charge in [0.1, 0.15) is 0 Å². The van der Waals surface area contributed by atoms with Crippen molar-refractivity contribution in [3.05, 3.63) is 70.8 Å². The van der Waals surface area contributed by atoms with Gasteiger partial charge in [-0.15, -0.1) is 0 Å². The number of aryl methyl sites for hydroxylation is 1. The maximum absolute atomic E-state index is 12.6. The van der Waals surface area contributed by atoms with Crippen LogP contribution in [0.15, 0.2) is 53.6 Å². The fourth-order valence-corrected chi connectivity index (χ4v) is 1.91. The third kappa shape index (κ3) is 4.67. The standard InChI is InChI=1S/C17H15F3N2O/c1-2-12-6-8-13(9-7-12)11-21-22-16(23)14-4-3-5-15(10-14)17(18,19)20/h3-11H,2H2,1H3,(H,22,23)/b21-11-. The zero-order chi connectivity index (χ0) is 16.9. The molecule has 0 aliphatic carbocycles. The number of benzene rings is 2. The Hall–Kier alpha value is -2.63. The molecule has 0 spiro atoms. The fraction of sp³-hybridized carbons (Fsp3) is 0.176. The lowest BCUT2D eigenvalue weighted by atomic mass is 10.1. The summed E-state index contributed by atoms with van der Waals surface area (Å²) in [7, 11) is 0. The minimum Gasteiger partial charge on any atom is -0.267 e. The number of nitrogens with one attached hydrogen (secondary N) is 1. The summed E-state index contributed by atoms with van der Waals surface area (Å²) in [4.78, 5) is 11.8. The molecule has 3 nitrogen and oxygen atoms in total. The summed E-state index contributed by atoms with van der Waals surface area (Å²) in [6, 6.07) is 11.8. The number of nitrogens with zero attached hydrogens (tertiary/aromatic N) is 1.